The molecule has 1 N–H and O–H groups in total. The Labute approximate surface area is 167 Å². The lowest BCUT2D eigenvalue weighted by Gasteiger charge is -2.19. The zero-order chi connectivity index (χ0) is 18.9. The van der Waals surface area contributed by atoms with Gasteiger partial charge in [-0.15, -0.1) is 11.8 Å². The molecule has 0 aliphatic carbocycles. The summed E-state index contributed by atoms with van der Waals surface area (Å²) < 4.78 is 11.7. The summed E-state index contributed by atoms with van der Waals surface area (Å²) in [6, 6.07) is 13.9. The largest absolute Gasteiger partial charge is 0.493 e. The first-order valence-corrected chi connectivity index (χ1v) is 10.4. The average Bonchev–Trinajstić information content (AvgIpc) is 2.67. The van der Waals surface area contributed by atoms with E-state index in [1.165, 1.54) is 5.56 Å². The van der Waals surface area contributed by atoms with E-state index in [1.54, 1.807) is 26.0 Å². The van der Waals surface area contributed by atoms with Crippen LogP contribution < -0.4 is 14.8 Å². The fraction of sp³-hybridized carbons (Fsp3) is 0.350. The lowest BCUT2D eigenvalue weighted by Crippen LogP contribution is -2.29. The third-order valence-electron chi connectivity index (χ3n) is 3.97. The highest BCUT2D eigenvalue weighted by Crippen LogP contribution is 2.31. The number of amides is 1. The van der Waals surface area contributed by atoms with Crippen molar-refractivity contribution in [2.45, 2.75) is 25.1 Å². The lowest BCUT2D eigenvalue weighted by atomic mass is 10.0. The number of ether oxygens (including phenoxy) is 2. The Hall–Kier alpha value is -1.66. The van der Waals surface area contributed by atoms with E-state index in [9.17, 15) is 4.79 Å². The Balaban J connectivity index is 1.90. The fourth-order valence-corrected chi connectivity index (χ4v) is 3.63. The van der Waals surface area contributed by atoms with Gasteiger partial charge in [0.2, 0.25) is 5.91 Å². The van der Waals surface area contributed by atoms with E-state index in [2.05, 4.69) is 40.3 Å². The zero-order valence-corrected chi connectivity index (χ0v) is 17.7. The van der Waals surface area contributed by atoms with E-state index < -0.39 is 0 Å². The number of benzene rings is 2. The molecule has 2 aromatic carbocycles. The van der Waals surface area contributed by atoms with E-state index >= 15 is 0 Å². The number of rotatable bonds is 9. The molecule has 2 aromatic rings. The number of hydrogen-bond acceptors (Lipinski definition) is 4. The van der Waals surface area contributed by atoms with Crippen molar-refractivity contribution in [2.24, 2.45) is 0 Å². The van der Waals surface area contributed by atoms with Crippen molar-refractivity contribution < 1.29 is 14.3 Å². The van der Waals surface area contributed by atoms with E-state index in [1.807, 2.05) is 30.3 Å². The minimum atomic E-state index is -0.0458. The third-order valence-corrected chi connectivity index (χ3v) is 5.50. The van der Waals surface area contributed by atoms with Gasteiger partial charge in [-0.1, -0.05) is 41.1 Å². The Kier molecular flexibility index (Phi) is 8.32. The van der Waals surface area contributed by atoms with E-state index in [0.29, 0.717) is 17.3 Å². The quantitative estimate of drug-likeness (QED) is 0.601. The van der Waals surface area contributed by atoms with Crippen LogP contribution in [0.3, 0.4) is 0 Å². The van der Waals surface area contributed by atoms with Crippen LogP contribution in [0.25, 0.3) is 0 Å². The Morgan fingerprint density at radius 3 is 2.42 bits per heavy atom. The molecule has 1 amide bonds. The molecule has 6 heteroatoms. The molecule has 0 fully saturated rings. The van der Waals surface area contributed by atoms with Crippen molar-refractivity contribution >= 4 is 33.6 Å². The Bertz CT molecular complexity index is 721. The van der Waals surface area contributed by atoms with Gasteiger partial charge in [-0.2, -0.15) is 0 Å². The second-order valence-corrected chi connectivity index (χ2v) is 7.66. The number of thioether (sulfide) groups is 1. The van der Waals surface area contributed by atoms with Crippen LogP contribution in [0.15, 0.2) is 46.9 Å². The molecular weight excluding hydrogens is 414 g/mol. The topological polar surface area (TPSA) is 47.6 Å². The molecule has 2 rings (SSSR count). The number of nitrogens with one attached hydrogen (secondary N) is 1. The molecule has 26 heavy (non-hydrogen) atoms. The average molecular weight is 438 g/mol. The van der Waals surface area contributed by atoms with Crippen molar-refractivity contribution in [1.29, 1.82) is 0 Å². The standard InChI is InChI=1S/C20H24BrNO3S/c1-4-17(15-7-10-18(24-2)19(11-15)25-3)22-20(23)13-26-12-14-5-8-16(21)9-6-14/h5-11,17H,4,12-13H2,1-3H3,(H,22,23)/t17-/m0/s1. The molecule has 0 radical (unpaired) electrons. The second-order valence-electron chi connectivity index (χ2n) is 5.76. The maximum absolute atomic E-state index is 12.3. The van der Waals surface area contributed by atoms with Gasteiger partial charge in [-0.25, -0.2) is 0 Å². The SMILES string of the molecule is CC[C@H](NC(=O)CSCc1ccc(Br)cc1)c1ccc(OC)c(OC)c1. The van der Waals surface area contributed by atoms with Crippen molar-refractivity contribution in [3.63, 3.8) is 0 Å². The lowest BCUT2D eigenvalue weighted by molar-refractivity contribution is -0.119. The first-order valence-electron chi connectivity index (χ1n) is 8.40. The van der Waals surface area contributed by atoms with E-state index in [4.69, 9.17) is 9.47 Å². The molecule has 0 heterocycles. The molecule has 0 bridgehead atoms. The summed E-state index contributed by atoms with van der Waals surface area (Å²) >= 11 is 5.04. The van der Waals surface area contributed by atoms with E-state index in [0.717, 1.165) is 22.2 Å². The third kappa shape index (κ3) is 5.95. The van der Waals surface area contributed by atoms with Crippen LogP contribution in [-0.2, 0) is 10.5 Å². The van der Waals surface area contributed by atoms with Crippen LogP contribution in [0, 0.1) is 0 Å². The minimum Gasteiger partial charge on any atom is -0.493 e. The maximum Gasteiger partial charge on any atom is 0.230 e. The highest BCUT2D eigenvalue weighted by Gasteiger charge is 2.15. The van der Waals surface area contributed by atoms with Crippen molar-refractivity contribution in [1.82, 2.24) is 5.32 Å². The first-order chi connectivity index (χ1) is 12.6. The summed E-state index contributed by atoms with van der Waals surface area (Å²) in [7, 11) is 3.22. The summed E-state index contributed by atoms with van der Waals surface area (Å²) in [5.41, 5.74) is 2.22. The predicted octanol–water partition coefficient (Wildman–Crippen LogP) is 4.97. The zero-order valence-electron chi connectivity index (χ0n) is 15.3. The van der Waals surface area contributed by atoms with Crippen LogP contribution in [-0.4, -0.2) is 25.9 Å². The number of carbonyl (C=O) groups is 1. The van der Waals surface area contributed by atoms with Gasteiger partial charge in [0.1, 0.15) is 0 Å². The first kappa shape index (κ1) is 20.6. The van der Waals surface area contributed by atoms with Gasteiger partial charge in [0.15, 0.2) is 11.5 Å². The molecule has 0 saturated carbocycles. The van der Waals surface area contributed by atoms with Crippen LogP contribution in [0.5, 0.6) is 11.5 Å². The van der Waals surface area contributed by atoms with Crippen molar-refractivity contribution in [3.8, 4) is 11.5 Å². The minimum absolute atomic E-state index is 0.0359. The van der Waals surface area contributed by atoms with Gasteiger partial charge in [0.25, 0.3) is 0 Å². The van der Waals surface area contributed by atoms with Gasteiger partial charge in [0.05, 0.1) is 26.0 Å². The number of halogens is 1. The molecule has 140 valence electrons. The summed E-state index contributed by atoms with van der Waals surface area (Å²) in [5.74, 6) is 2.63. The fourth-order valence-electron chi connectivity index (χ4n) is 2.57. The normalized spacial score (nSPS) is 11.7. The summed E-state index contributed by atoms with van der Waals surface area (Å²) in [6.45, 7) is 2.05. The molecule has 0 spiro atoms. The number of hydrogen-bond donors (Lipinski definition) is 1. The highest BCUT2D eigenvalue weighted by molar-refractivity contribution is 9.10. The van der Waals surface area contributed by atoms with Gasteiger partial charge in [0, 0.05) is 10.2 Å². The maximum atomic E-state index is 12.3. The van der Waals surface area contributed by atoms with Crippen LogP contribution in [0.4, 0.5) is 0 Å². The molecular formula is C20H24BrNO3S. The summed E-state index contributed by atoms with van der Waals surface area (Å²) in [4.78, 5) is 12.3. The van der Waals surface area contributed by atoms with Crippen molar-refractivity contribution in [3.05, 3.63) is 58.1 Å². The number of methoxy groups -OCH3 is 2. The number of carbonyl (C=O) groups excluding carboxylic acids is 1. The van der Waals surface area contributed by atoms with Crippen LogP contribution in [0.2, 0.25) is 0 Å². The smallest absolute Gasteiger partial charge is 0.230 e. The summed E-state index contributed by atoms with van der Waals surface area (Å²) in [6.07, 6.45) is 0.804. The molecule has 0 aromatic heterocycles. The Morgan fingerprint density at radius 1 is 1.12 bits per heavy atom. The molecule has 0 unspecified atom stereocenters. The molecule has 4 nitrogen and oxygen atoms in total. The summed E-state index contributed by atoms with van der Waals surface area (Å²) in [5, 5.41) is 3.10. The second kappa shape index (κ2) is 10.5. The van der Waals surface area contributed by atoms with Gasteiger partial charge < -0.3 is 14.8 Å². The van der Waals surface area contributed by atoms with Gasteiger partial charge >= 0.3 is 0 Å². The molecule has 0 saturated heterocycles. The van der Waals surface area contributed by atoms with Gasteiger partial charge in [-0.05, 0) is 41.8 Å². The molecule has 1 atom stereocenters. The Morgan fingerprint density at radius 2 is 1.81 bits per heavy atom. The van der Waals surface area contributed by atoms with Crippen molar-refractivity contribution in [2.75, 3.05) is 20.0 Å². The molecule has 0 aliphatic heterocycles. The van der Waals surface area contributed by atoms with Crippen LogP contribution in [0.1, 0.15) is 30.5 Å². The van der Waals surface area contributed by atoms with E-state index in [-0.39, 0.29) is 11.9 Å². The van der Waals surface area contributed by atoms with Crippen LogP contribution >= 0.6 is 27.7 Å². The highest BCUT2D eigenvalue weighted by atomic mass is 79.9. The monoisotopic (exact) mass is 437 g/mol. The molecule has 0 aliphatic rings. The van der Waals surface area contributed by atoms with Gasteiger partial charge in [-0.3, -0.25) is 4.79 Å². The predicted molar refractivity (Wildman–Crippen MR) is 111 cm³/mol.